The Bertz CT molecular complexity index is 589. The van der Waals surface area contributed by atoms with E-state index in [0.717, 1.165) is 16.8 Å². The zero-order valence-corrected chi connectivity index (χ0v) is 11.0. The summed E-state index contributed by atoms with van der Waals surface area (Å²) in [6.45, 7) is 3.79. The average Bonchev–Trinajstić information content (AvgIpc) is 2.37. The van der Waals surface area contributed by atoms with Gasteiger partial charge in [0.1, 0.15) is 0 Å². The minimum Gasteiger partial charge on any atom is -0.390 e. The molecule has 1 aromatic carbocycles. The summed E-state index contributed by atoms with van der Waals surface area (Å²) in [4.78, 5) is 16.0. The molecule has 0 aliphatic heterocycles. The Hall–Kier alpha value is -2.20. The molecule has 0 atom stereocenters. The number of aliphatic hydroxyl groups excluding tert-OH is 1. The number of carbonyl (C=O) groups is 1. The molecule has 98 valence electrons. The van der Waals surface area contributed by atoms with Crippen LogP contribution in [0, 0.1) is 13.8 Å². The summed E-state index contributed by atoms with van der Waals surface area (Å²) in [6.07, 6.45) is 1.52. The van der Waals surface area contributed by atoms with E-state index in [1.54, 1.807) is 12.1 Å². The Morgan fingerprint density at radius 2 is 1.89 bits per heavy atom. The molecule has 0 bridgehead atoms. The van der Waals surface area contributed by atoms with E-state index in [0.29, 0.717) is 11.3 Å². The zero-order chi connectivity index (χ0) is 13.8. The fourth-order valence-electron chi connectivity index (χ4n) is 1.96. The number of aliphatic hydroxyl groups is 1. The molecule has 0 saturated carbocycles. The summed E-state index contributed by atoms with van der Waals surface area (Å²) in [5, 5.41) is 11.9. The molecule has 0 aliphatic rings. The van der Waals surface area contributed by atoms with Crippen molar-refractivity contribution in [2.24, 2.45) is 0 Å². The normalized spacial score (nSPS) is 10.3. The Morgan fingerprint density at radius 3 is 2.53 bits per heavy atom. The van der Waals surface area contributed by atoms with Gasteiger partial charge in [-0.1, -0.05) is 6.07 Å². The lowest BCUT2D eigenvalue weighted by Crippen LogP contribution is -2.12. The van der Waals surface area contributed by atoms with E-state index in [1.807, 2.05) is 32.0 Å². The molecular weight excluding hydrogens is 240 g/mol. The summed E-state index contributed by atoms with van der Waals surface area (Å²) in [7, 11) is 0. The second-order valence-corrected chi connectivity index (χ2v) is 4.52. The van der Waals surface area contributed by atoms with E-state index in [4.69, 9.17) is 5.11 Å². The molecule has 1 heterocycles. The van der Waals surface area contributed by atoms with Crippen molar-refractivity contribution in [3.05, 3.63) is 58.9 Å². The van der Waals surface area contributed by atoms with E-state index < -0.39 is 0 Å². The van der Waals surface area contributed by atoms with Crippen LogP contribution in [0.4, 0.5) is 5.69 Å². The lowest BCUT2D eigenvalue weighted by atomic mass is 10.1. The van der Waals surface area contributed by atoms with Gasteiger partial charge in [-0.15, -0.1) is 0 Å². The molecule has 2 aromatic rings. The van der Waals surface area contributed by atoms with Crippen molar-refractivity contribution < 1.29 is 9.90 Å². The third kappa shape index (κ3) is 3.39. The summed E-state index contributed by atoms with van der Waals surface area (Å²) < 4.78 is 0. The van der Waals surface area contributed by atoms with Gasteiger partial charge in [-0.25, -0.2) is 0 Å². The van der Waals surface area contributed by atoms with E-state index >= 15 is 0 Å². The quantitative estimate of drug-likeness (QED) is 0.886. The third-order valence-corrected chi connectivity index (χ3v) is 2.72. The lowest BCUT2D eigenvalue weighted by Gasteiger charge is -2.08. The van der Waals surface area contributed by atoms with E-state index in [-0.39, 0.29) is 12.5 Å². The number of amides is 1. The highest BCUT2D eigenvalue weighted by Gasteiger charge is 2.07. The highest BCUT2D eigenvalue weighted by molar-refractivity contribution is 6.04. The molecule has 2 rings (SSSR count). The molecule has 4 heteroatoms. The largest absolute Gasteiger partial charge is 0.390 e. The van der Waals surface area contributed by atoms with Gasteiger partial charge in [0.25, 0.3) is 5.91 Å². The molecule has 1 amide bonds. The molecule has 0 unspecified atom stereocenters. The number of hydrogen-bond acceptors (Lipinski definition) is 3. The predicted molar refractivity (Wildman–Crippen MR) is 74.0 cm³/mol. The third-order valence-electron chi connectivity index (χ3n) is 2.72. The van der Waals surface area contributed by atoms with Gasteiger partial charge in [0.15, 0.2) is 0 Å². The topological polar surface area (TPSA) is 62.2 Å². The predicted octanol–water partition coefficient (Wildman–Crippen LogP) is 2.44. The maximum atomic E-state index is 12.1. The van der Waals surface area contributed by atoms with Crippen LogP contribution in [0.5, 0.6) is 0 Å². The first-order valence-electron chi connectivity index (χ1n) is 6.04. The van der Waals surface area contributed by atoms with Crippen LogP contribution in [0.25, 0.3) is 0 Å². The SMILES string of the molecule is Cc1cc(C)cc(NC(=O)c2ccnc(CO)c2)c1. The van der Waals surface area contributed by atoms with Gasteiger partial charge < -0.3 is 10.4 Å². The first-order valence-corrected chi connectivity index (χ1v) is 6.04. The Kier molecular flexibility index (Phi) is 3.92. The number of aromatic nitrogens is 1. The lowest BCUT2D eigenvalue weighted by molar-refractivity contribution is 0.102. The summed E-state index contributed by atoms with van der Waals surface area (Å²) >= 11 is 0. The maximum absolute atomic E-state index is 12.1. The zero-order valence-electron chi connectivity index (χ0n) is 11.0. The monoisotopic (exact) mass is 256 g/mol. The molecule has 1 aromatic heterocycles. The first-order chi connectivity index (χ1) is 9.08. The minimum absolute atomic E-state index is 0.176. The van der Waals surface area contributed by atoms with Gasteiger partial charge in [-0.3, -0.25) is 9.78 Å². The van der Waals surface area contributed by atoms with E-state index in [2.05, 4.69) is 10.3 Å². The Labute approximate surface area is 112 Å². The van der Waals surface area contributed by atoms with Crippen LogP contribution in [0.15, 0.2) is 36.5 Å². The van der Waals surface area contributed by atoms with Gasteiger partial charge in [0, 0.05) is 17.4 Å². The number of rotatable bonds is 3. The second-order valence-electron chi connectivity index (χ2n) is 4.52. The second kappa shape index (κ2) is 5.63. The van der Waals surface area contributed by atoms with Crippen molar-refractivity contribution in [1.29, 1.82) is 0 Å². The summed E-state index contributed by atoms with van der Waals surface area (Å²) in [6, 6.07) is 9.08. The number of aryl methyl sites for hydroxylation is 2. The van der Waals surface area contributed by atoms with Gasteiger partial charge in [0.2, 0.25) is 0 Å². The smallest absolute Gasteiger partial charge is 0.255 e. The molecule has 2 N–H and O–H groups in total. The average molecular weight is 256 g/mol. The molecule has 0 aliphatic carbocycles. The van der Waals surface area contributed by atoms with Crippen LogP contribution in [0.1, 0.15) is 27.2 Å². The molecule has 19 heavy (non-hydrogen) atoms. The van der Waals surface area contributed by atoms with Gasteiger partial charge in [-0.2, -0.15) is 0 Å². The number of hydrogen-bond donors (Lipinski definition) is 2. The van der Waals surface area contributed by atoms with Crippen molar-refractivity contribution in [3.63, 3.8) is 0 Å². The number of benzene rings is 1. The van der Waals surface area contributed by atoms with Crippen LogP contribution >= 0.6 is 0 Å². The van der Waals surface area contributed by atoms with Crippen LogP contribution in [0.3, 0.4) is 0 Å². The van der Waals surface area contributed by atoms with E-state index in [1.165, 1.54) is 6.20 Å². The van der Waals surface area contributed by atoms with Crippen LogP contribution < -0.4 is 5.32 Å². The van der Waals surface area contributed by atoms with Crippen LogP contribution in [0.2, 0.25) is 0 Å². The highest BCUT2D eigenvalue weighted by Crippen LogP contribution is 2.15. The minimum atomic E-state index is -0.206. The standard InChI is InChI=1S/C15H16N2O2/c1-10-5-11(2)7-13(6-10)17-15(19)12-3-4-16-14(8-12)9-18/h3-8,18H,9H2,1-2H3,(H,17,19). The maximum Gasteiger partial charge on any atom is 0.255 e. The van der Waals surface area contributed by atoms with Crippen molar-refractivity contribution in [2.75, 3.05) is 5.32 Å². The number of nitrogens with zero attached hydrogens (tertiary/aromatic N) is 1. The van der Waals surface area contributed by atoms with E-state index in [9.17, 15) is 4.79 Å². The highest BCUT2D eigenvalue weighted by atomic mass is 16.3. The molecule has 0 fully saturated rings. The Balaban J connectivity index is 2.20. The molecule has 4 nitrogen and oxygen atoms in total. The first kappa shape index (κ1) is 13.2. The summed E-state index contributed by atoms with van der Waals surface area (Å²) in [5.41, 5.74) is 3.93. The van der Waals surface area contributed by atoms with Gasteiger partial charge in [-0.05, 0) is 49.2 Å². The summed E-state index contributed by atoms with van der Waals surface area (Å²) in [5.74, 6) is -0.206. The molecule has 0 saturated heterocycles. The number of carbonyl (C=O) groups excluding carboxylic acids is 1. The number of nitrogens with one attached hydrogen (secondary N) is 1. The van der Waals surface area contributed by atoms with Crippen molar-refractivity contribution in [2.45, 2.75) is 20.5 Å². The van der Waals surface area contributed by atoms with Gasteiger partial charge in [0.05, 0.1) is 12.3 Å². The Morgan fingerprint density at radius 1 is 1.21 bits per heavy atom. The number of pyridine rings is 1. The van der Waals surface area contributed by atoms with Crippen molar-refractivity contribution >= 4 is 11.6 Å². The molecule has 0 radical (unpaired) electrons. The van der Waals surface area contributed by atoms with Gasteiger partial charge >= 0.3 is 0 Å². The fraction of sp³-hybridized carbons (Fsp3) is 0.200. The molecule has 0 spiro atoms. The van der Waals surface area contributed by atoms with Crippen LogP contribution in [-0.4, -0.2) is 16.0 Å². The van der Waals surface area contributed by atoms with Crippen LogP contribution in [-0.2, 0) is 6.61 Å². The number of anilines is 1. The van der Waals surface area contributed by atoms with Crippen molar-refractivity contribution in [3.8, 4) is 0 Å². The van der Waals surface area contributed by atoms with Crippen molar-refractivity contribution in [1.82, 2.24) is 4.98 Å². The fourth-order valence-corrected chi connectivity index (χ4v) is 1.96. The molecular formula is C15H16N2O2.